The van der Waals surface area contributed by atoms with E-state index >= 15 is 0 Å². The molecule has 0 saturated carbocycles. The van der Waals surface area contributed by atoms with Crippen molar-refractivity contribution in [3.05, 3.63) is 53.9 Å². The van der Waals surface area contributed by atoms with Crippen LogP contribution in [0.3, 0.4) is 0 Å². The monoisotopic (exact) mass is 214 g/mol. The Morgan fingerprint density at radius 3 is 2.50 bits per heavy atom. The Balaban J connectivity index is 2.41. The first-order valence-electron chi connectivity index (χ1n) is 5.15. The largest absolute Gasteiger partial charge is 0.309 e. The third-order valence-electron chi connectivity index (χ3n) is 2.58. The Morgan fingerprint density at radius 2 is 1.88 bits per heavy atom. The van der Waals surface area contributed by atoms with Gasteiger partial charge in [0, 0.05) is 30.4 Å². The van der Waals surface area contributed by atoms with E-state index in [4.69, 9.17) is 0 Å². The van der Waals surface area contributed by atoms with Crippen LogP contribution in [0.15, 0.2) is 37.2 Å². The second-order valence-corrected chi connectivity index (χ2v) is 3.63. The Hall–Kier alpha value is -1.81. The van der Waals surface area contributed by atoms with Gasteiger partial charge in [-0.25, -0.2) is 9.97 Å². The summed E-state index contributed by atoms with van der Waals surface area (Å²) in [5.41, 5.74) is 3.41. The standard InChI is InChI=1S/C12H14N4/c1-9-5-14-4-3-11(9)12(13-2)10-6-15-8-16-7-10/h3-8,12-13H,1-2H3. The summed E-state index contributed by atoms with van der Waals surface area (Å²) < 4.78 is 0. The molecule has 1 atom stereocenters. The molecule has 2 aromatic heterocycles. The zero-order valence-corrected chi connectivity index (χ0v) is 9.38. The minimum absolute atomic E-state index is 0.115. The first-order chi connectivity index (χ1) is 7.83. The Morgan fingerprint density at radius 1 is 1.12 bits per heavy atom. The summed E-state index contributed by atoms with van der Waals surface area (Å²) in [4.78, 5) is 12.2. The van der Waals surface area contributed by atoms with Crippen LogP contribution in [0.4, 0.5) is 0 Å². The summed E-state index contributed by atoms with van der Waals surface area (Å²) in [7, 11) is 1.93. The molecule has 0 aliphatic carbocycles. The lowest BCUT2D eigenvalue weighted by molar-refractivity contribution is 0.679. The maximum Gasteiger partial charge on any atom is 0.115 e. The van der Waals surface area contributed by atoms with Gasteiger partial charge < -0.3 is 5.32 Å². The summed E-state index contributed by atoms with van der Waals surface area (Å²) >= 11 is 0. The number of hydrogen-bond acceptors (Lipinski definition) is 4. The number of aryl methyl sites for hydroxylation is 1. The maximum atomic E-state index is 4.10. The lowest BCUT2D eigenvalue weighted by atomic mass is 9.99. The molecule has 2 aromatic rings. The van der Waals surface area contributed by atoms with E-state index in [0.29, 0.717) is 0 Å². The molecule has 1 unspecified atom stereocenters. The fourth-order valence-electron chi connectivity index (χ4n) is 1.77. The van der Waals surface area contributed by atoms with E-state index < -0.39 is 0 Å². The van der Waals surface area contributed by atoms with Crippen LogP contribution in [-0.4, -0.2) is 22.0 Å². The third kappa shape index (κ3) is 2.06. The van der Waals surface area contributed by atoms with Gasteiger partial charge in [-0.3, -0.25) is 4.98 Å². The molecule has 0 bridgehead atoms. The van der Waals surface area contributed by atoms with E-state index in [1.165, 1.54) is 11.9 Å². The van der Waals surface area contributed by atoms with E-state index in [0.717, 1.165) is 11.1 Å². The minimum Gasteiger partial charge on any atom is -0.309 e. The number of hydrogen-bond donors (Lipinski definition) is 1. The molecule has 1 N–H and O–H groups in total. The molecule has 16 heavy (non-hydrogen) atoms. The highest BCUT2D eigenvalue weighted by Crippen LogP contribution is 2.22. The predicted octanol–water partition coefficient (Wildman–Crippen LogP) is 1.49. The van der Waals surface area contributed by atoms with Crippen LogP contribution < -0.4 is 5.32 Å². The quantitative estimate of drug-likeness (QED) is 0.841. The second kappa shape index (κ2) is 4.81. The van der Waals surface area contributed by atoms with Crippen molar-refractivity contribution in [3.8, 4) is 0 Å². The van der Waals surface area contributed by atoms with Crippen molar-refractivity contribution >= 4 is 0 Å². The molecule has 2 heterocycles. The molecule has 0 aromatic carbocycles. The van der Waals surface area contributed by atoms with Crippen molar-refractivity contribution in [3.63, 3.8) is 0 Å². The van der Waals surface area contributed by atoms with Crippen molar-refractivity contribution in [2.45, 2.75) is 13.0 Å². The Kier molecular flexibility index (Phi) is 3.22. The summed E-state index contributed by atoms with van der Waals surface area (Å²) in [5, 5.41) is 3.27. The minimum atomic E-state index is 0.115. The topological polar surface area (TPSA) is 50.7 Å². The van der Waals surface area contributed by atoms with Crippen LogP contribution in [0, 0.1) is 6.92 Å². The normalized spacial score (nSPS) is 12.4. The number of aromatic nitrogens is 3. The van der Waals surface area contributed by atoms with Crippen LogP contribution >= 0.6 is 0 Å². The van der Waals surface area contributed by atoms with Crippen molar-refractivity contribution < 1.29 is 0 Å². The van der Waals surface area contributed by atoms with Crippen LogP contribution in [0.25, 0.3) is 0 Å². The Labute approximate surface area is 94.8 Å². The molecule has 0 aliphatic heterocycles. The molecular weight excluding hydrogens is 200 g/mol. The predicted molar refractivity (Wildman–Crippen MR) is 61.9 cm³/mol. The zero-order valence-electron chi connectivity index (χ0n) is 9.38. The molecule has 4 heteroatoms. The van der Waals surface area contributed by atoms with Crippen LogP contribution in [0.2, 0.25) is 0 Å². The molecule has 0 fully saturated rings. The van der Waals surface area contributed by atoms with Gasteiger partial charge in [-0.1, -0.05) is 0 Å². The maximum absolute atomic E-state index is 4.10. The summed E-state index contributed by atoms with van der Waals surface area (Å²) in [6.45, 7) is 2.05. The van der Waals surface area contributed by atoms with Gasteiger partial charge in [-0.2, -0.15) is 0 Å². The van der Waals surface area contributed by atoms with Gasteiger partial charge in [0.25, 0.3) is 0 Å². The van der Waals surface area contributed by atoms with Gasteiger partial charge in [0.1, 0.15) is 6.33 Å². The zero-order chi connectivity index (χ0) is 11.4. The summed E-state index contributed by atoms with van der Waals surface area (Å²) in [5.74, 6) is 0. The molecule has 0 amide bonds. The van der Waals surface area contributed by atoms with Gasteiger partial charge in [-0.15, -0.1) is 0 Å². The highest BCUT2D eigenvalue weighted by Gasteiger charge is 2.14. The van der Waals surface area contributed by atoms with Crippen LogP contribution in [0.1, 0.15) is 22.7 Å². The molecule has 0 radical (unpaired) electrons. The fraction of sp³-hybridized carbons (Fsp3) is 0.250. The molecule has 0 spiro atoms. The lowest BCUT2D eigenvalue weighted by Gasteiger charge is -2.17. The first-order valence-corrected chi connectivity index (χ1v) is 5.15. The van der Waals surface area contributed by atoms with Gasteiger partial charge in [-0.05, 0) is 31.2 Å². The highest BCUT2D eigenvalue weighted by molar-refractivity contribution is 5.32. The average Bonchev–Trinajstić information content (AvgIpc) is 2.34. The van der Waals surface area contributed by atoms with Crippen molar-refractivity contribution in [2.24, 2.45) is 0 Å². The van der Waals surface area contributed by atoms with Gasteiger partial charge in [0.2, 0.25) is 0 Å². The van der Waals surface area contributed by atoms with E-state index in [1.807, 2.05) is 31.7 Å². The molecule has 2 rings (SSSR count). The van der Waals surface area contributed by atoms with E-state index in [2.05, 4.69) is 27.2 Å². The van der Waals surface area contributed by atoms with Crippen molar-refractivity contribution in [1.82, 2.24) is 20.3 Å². The fourth-order valence-corrected chi connectivity index (χ4v) is 1.77. The summed E-state index contributed by atoms with van der Waals surface area (Å²) in [6, 6.07) is 2.13. The van der Waals surface area contributed by atoms with E-state index in [1.54, 1.807) is 6.20 Å². The lowest BCUT2D eigenvalue weighted by Crippen LogP contribution is -2.19. The van der Waals surface area contributed by atoms with Crippen LogP contribution in [0.5, 0.6) is 0 Å². The number of nitrogens with zero attached hydrogens (tertiary/aromatic N) is 3. The van der Waals surface area contributed by atoms with Crippen LogP contribution in [-0.2, 0) is 0 Å². The highest BCUT2D eigenvalue weighted by atomic mass is 14.9. The van der Waals surface area contributed by atoms with Gasteiger partial charge in [0.15, 0.2) is 0 Å². The van der Waals surface area contributed by atoms with Gasteiger partial charge in [0.05, 0.1) is 6.04 Å². The molecular formula is C12H14N4. The molecule has 4 nitrogen and oxygen atoms in total. The average molecular weight is 214 g/mol. The molecule has 0 aliphatic rings. The van der Waals surface area contributed by atoms with Crippen molar-refractivity contribution in [1.29, 1.82) is 0 Å². The first kappa shape index (κ1) is 10.7. The third-order valence-corrected chi connectivity index (χ3v) is 2.58. The van der Waals surface area contributed by atoms with E-state index in [-0.39, 0.29) is 6.04 Å². The number of nitrogens with one attached hydrogen (secondary N) is 1. The van der Waals surface area contributed by atoms with Crippen molar-refractivity contribution in [2.75, 3.05) is 7.05 Å². The Bertz CT molecular complexity index is 456. The second-order valence-electron chi connectivity index (χ2n) is 3.63. The smallest absolute Gasteiger partial charge is 0.115 e. The van der Waals surface area contributed by atoms with Gasteiger partial charge >= 0.3 is 0 Å². The number of pyridine rings is 1. The number of rotatable bonds is 3. The molecule has 82 valence electrons. The summed E-state index contributed by atoms with van der Waals surface area (Å²) in [6.07, 6.45) is 8.86. The SMILES string of the molecule is CNC(c1cncnc1)c1ccncc1C. The molecule has 0 saturated heterocycles. The van der Waals surface area contributed by atoms with E-state index in [9.17, 15) is 0 Å².